The summed E-state index contributed by atoms with van der Waals surface area (Å²) in [6.45, 7) is 1.81. The van der Waals surface area contributed by atoms with Crippen LogP contribution in [0, 0.1) is 5.41 Å². The third-order valence-electron chi connectivity index (χ3n) is 5.89. The zero-order valence-corrected chi connectivity index (χ0v) is 17.0. The third kappa shape index (κ3) is 2.66. The van der Waals surface area contributed by atoms with Gasteiger partial charge in [-0.3, -0.25) is 14.4 Å². The minimum absolute atomic E-state index is 0.285. The Morgan fingerprint density at radius 3 is 2.07 bits per heavy atom. The topological polar surface area (TPSA) is 49.9 Å². The van der Waals surface area contributed by atoms with E-state index >= 15 is 0 Å². The van der Waals surface area contributed by atoms with Crippen LogP contribution in [0.3, 0.4) is 0 Å². The lowest BCUT2D eigenvalue weighted by Crippen LogP contribution is -2.41. The molecule has 2 heterocycles. The number of carbonyl (C=O) groups is 2. The Bertz CT molecular complexity index is 1100. The predicted molar refractivity (Wildman–Crippen MR) is 115 cm³/mol. The number of benzene rings is 3. The molecule has 3 atom stereocenters. The highest BCUT2D eigenvalue weighted by Crippen LogP contribution is 2.55. The summed E-state index contributed by atoms with van der Waals surface area (Å²) >= 11 is 5.98. The van der Waals surface area contributed by atoms with Crippen molar-refractivity contribution < 1.29 is 14.4 Å². The number of para-hydroxylation sites is 1. The van der Waals surface area contributed by atoms with E-state index in [0.29, 0.717) is 10.7 Å². The lowest BCUT2D eigenvalue weighted by atomic mass is 9.76. The first-order chi connectivity index (χ1) is 14.5. The average Bonchev–Trinajstić information content (AvgIpc) is 3.19. The van der Waals surface area contributed by atoms with Crippen LogP contribution in [-0.4, -0.2) is 17.9 Å². The maximum Gasteiger partial charge on any atom is 0.266 e. The molecule has 0 radical (unpaired) electrons. The van der Waals surface area contributed by atoms with Crippen LogP contribution in [0.25, 0.3) is 0 Å². The van der Waals surface area contributed by atoms with Gasteiger partial charge < -0.3 is 0 Å². The van der Waals surface area contributed by atoms with E-state index in [9.17, 15) is 9.59 Å². The molecule has 5 nitrogen and oxygen atoms in total. The van der Waals surface area contributed by atoms with Gasteiger partial charge >= 0.3 is 0 Å². The van der Waals surface area contributed by atoms with E-state index in [-0.39, 0.29) is 11.8 Å². The van der Waals surface area contributed by atoms with Crippen molar-refractivity contribution in [3.05, 3.63) is 95.5 Å². The zero-order valence-electron chi connectivity index (χ0n) is 16.2. The molecule has 0 spiro atoms. The van der Waals surface area contributed by atoms with Gasteiger partial charge in [-0.2, -0.15) is 0 Å². The maximum atomic E-state index is 13.7. The second-order valence-corrected chi connectivity index (χ2v) is 8.13. The lowest BCUT2D eigenvalue weighted by Gasteiger charge is -2.32. The van der Waals surface area contributed by atoms with Gasteiger partial charge in [0.2, 0.25) is 5.91 Å². The van der Waals surface area contributed by atoms with Gasteiger partial charge in [0.25, 0.3) is 5.91 Å². The summed E-state index contributed by atoms with van der Waals surface area (Å²) in [5.41, 5.74) is 1.10. The number of fused-ring (bicyclic) bond motifs is 1. The molecular weight excluding hydrogens is 400 g/mol. The number of hydrogen-bond donors (Lipinski definition) is 0. The van der Waals surface area contributed by atoms with Crippen molar-refractivity contribution in [2.75, 3.05) is 9.96 Å². The molecule has 2 fully saturated rings. The standard InChI is InChI=1S/C24H19ClN2O3/c1-24-20(16-8-4-2-5-9-16)27(19-10-6-3-7-11-19)30-21(24)22(28)26(23(24)29)18-14-12-17(25)13-15-18/h2-15,20-21H,1H3/t20-,21-,24-/m0/s1. The second-order valence-electron chi connectivity index (χ2n) is 7.70. The number of imide groups is 1. The zero-order chi connectivity index (χ0) is 20.9. The molecule has 3 aromatic carbocycles. The van der Waals surface area contributed by atoms with Crippen LogP contribution >= 0.6 is 11.6 Å². The van der Waals surface area contributed by atoms with Crippen LogP contribution in [-0.2, 0) is 14.4 Å². The molecular formula is C24H19ClN2O3. The monoisotopic (exact) mass is 418 g/mol. The van der Waals surface area contributed by atoms with Crippen LogP contribution in [0.5, 0.6) is 0 Å². The minimum Gasteiger partial charge on any atom is -0.273 e. The van der Waals surface area contributed by atoms with Crippen molar-refractivity contribution in [3.63, 3.8) is 0 Å². The fraction of sp³-hybridized carbons (Fsp3) is 0.167. The van der Waals surface area contributed by atoms with Crippen LogP contribution < -0.4 is 9.96 Å². The van der Waals surface area contributed by atoms with Gasteiger partial charge in [0.15, 0.2) is 6.10 Å². The Morgan fingerprint density at radius 2 is 1.43 bits per heavy atom. The van der Waals surface area contributed by atoms with Gasteiger partial charge in [0, 0.05) is 5.02 Å². The van der Waals surface area contributed by atoms with Crippen molar-refractivity contribution in [2.45, 2.75) is 19.1 Å². The van der Waals surface area contributed by atoms with Gasteiger partial charge in [-0.05, 0) is 48.9 Å². The molecule has 0 unspecified atom stereocenters. The predicted octanol–water partition coefficient (Wildman–Crippen LogP) is 4.78. The van der Waals surface area contributed by atoms with Crippen LogP contribution in [0.2, 0.25) is 5.02 Å². The van der Waals surface area contributed by atoms with Crippen LogP contribution in [0.1, 0.15) is 18.5 Å². The first kappa shape index (κ1) is 18.9. The van der Waals surface area contributed by atoms with E-state index < -0.39 is 17.6 Å². The van der Waals surface area contributed by atoms with Crippen molar-refractivity contribution in [3.8, 4) is 0 Å². The molecule has 0 aromatic heterocycles. The van der Waals surface area contributed by atoms with Crippen molar-refractivity contribution in [1.29, 1.82) is 0 Å². The molecule has 2 saturated heterocycles. The Kier molecular flexibility index (Phi) is 4.38. The molecule has 2 aliphatic rings. The Hall–Kier alpha value is -3.15. The van der Waals surface area contributed by atoms with Gasteiger partial charge in [0.1, 0.15) is 5.41 Å². The summed E-state index contributed by atoms with van der Waals surface area (Å²) in [4.78, 5) is 34.5. The number of carbonyl (C=O) groups excluding carboxylic acids is 2. The third-order valence-corrected chi connectivity index (χ3v) is 6.14. The molecule has 5 rings (SSSR count). The van der Waals surface area contributed by atoms with Crippen molar-refractivity contribution in [2.24, 2.45) is 5.41 Å². The molecule has 2 aliphatic heterocycles. The summed E-state index contributed by atoms with van der Waals surface area (Å²) in [6, 6.07) is 25.5. The van der Waals surface area contributed by atoms with Gasteiger partial charge in [0.05, 0.1) is 17.4 Å². The number of hydroxylamine groups is 1. The Balaban J connectivity index is 1.63. The maximum absolute atomic E-state index is 13.7. The smallest absolute Gasteiger partial charge is 0.266 e. The van der Waals surface area contributed by atoms with Gasteiger partial charge in [-0.15, -0.1) is 0 Å². The molecule has 0 aliphatic carbocycles. The summed E-state index contributed by atoms with van der Waals surface area (Å²) in [5.74, 6) is -0.656. The Morgan fingerprint density at radius 1 is 0.833 bits per heavy atom. The minimum atomic E-state index is -1.09. The number of hydrogen-bond acceptors (Lipinski definition) is 4. The summed E-state index contributed by atoms with van der Waals surface area (Å²) in [7, 11) is 0. The van der Waals surface area contributed by atoms with Gasteiger partial charge in [-0.25, -0.2) is 9.96 Å². The molecule has 0 saturated carbocycles. The SMILES string of the molecule is C[C@@]12C(=O)N(c3ccc(Cl)cc3)C(=O)[C@@H]1ON(c1ccccc1)[C@H]2c1ccccc1. The largest absolute Gasteiger partial charge is 0.273 e. The molecule has 3 aromatic rings. The second kappa shape index (κ2) is 6.97. The summed E-state index contributed by atoms with van der Waals surface area (Å²) in [5, 5.41) is 2.24. The number of anilines is 2. The fourth-order valence-electron chi connectivity index (χ4n) is 4.40. The molecule has 30 heavy (non-hydrogen) atoms. The van der Waals surface area contributed by atoms with Crippen LogP contribution in [0.15, 0.2) is 84.9 Å². The fourth-order valence-corrected chi connectivity index (χ4v) is 4.52. The number of nitrogens with zero attached hydrogens (tertiary/aromatic N) is 2. The van der Waals surface area contributed by atoms with Crippen LogP contribution in [0.4, 0.5) is 11.4 Å². The van der Waals surface area contributed by atoms with E-state index in [0.717, 1.165) is 11.3 Å². The van der Waals surface area contributed by atoms with E-state index in [4.69, 9.17) is 16.4 Å². The number of rotatable bonds is 3. The highest BCUT2D eigenvalue weighted by atomic mass is 35.5. The lowest BCUT2D eigenvalue weighted by molar-refractivity contribution is -0.128. The van der Waals surface area contributed by atoms with Crippen molar-refractivity contribution in [1.82, 2.24) is 0 Å². The van der Waals surface area contributed by atoms with E-state index in [1.54, 1.807) is 29.3 Å². The van der Waals surface area contributed by atoms with Crippen molar-refractivity contribution >= 4 is 34.8 Å². The summed E-state index contributed by atoms with van der Waals surface area (Å²) < 4.78 is 0. The van der Waals surface area contributed by atoms with E-state index in [2.05, 4.69) is 0 Å². The molecule has 0 bridgehead atoms. The highest BCUT2D eigenvalue weighted by Gasteiger charge is 2.68. The normalized spacial score (nSPS) is 25.7. The molecule has 150 valence electrons. The number of amides is 2. The quantitative estimate of drug-likeness (QED) is 0.574. The Labute approximate surface area is 179 Å². The van der Waals surface area contributed by atoms with Gasteiger partial charge in [-0.1, -0.05) is 60.1 Å². The first-order valence-electron chi connectivity index (χ1n) is 9.72. The molecule has 6 heteroatoms. The average molecular weight is 419 g/mol. The first-order valence-corrected chi connectivity index (χ1v) is 10.1. The molecule has 2 amide bonds. The number of halogens is 1. The highest BCUT2D eigenvalue weighted by molar-refractivity contribution is 6.31. The summed E-state index contributed by atoms with van der Waals surface area (Å²) in [6.07, 6.45) is -0.925. The van der Waals surface area contributed by atoms with E-state index in [1.807, 2.05) is 67.6 Å². The molecule has 0 N–H and O–H groups in total. The van der Waals surface area contributed by atoms with E-state index in [1.165, 1.54) is 4.90 Å².